The third-order valence-corrected chi connectivity index (χ3v) is 2.57. The van der Waals surface area contributed by atoms with E-state index in [1.54, 1.807) is 0 Å². The van der Waals surface area contributed by atoms with Crippen molar-refractivity contribution in [3.8, 4) is 0 Å². The van der Waals surface area contributed by atoms with Gasteiger partial charge in [0.25, 0.3) is 0 Å². The molecular weight excluding hydrogens is 168 g/mol. The van der Waals surface area contributed by atoms with Gasteiger partial charge in [-0.05, 0) is 31.8 Å². The van der Waals surface area contributed by atoms with Crippen molar-refractivity contribution in [1.29, 1.82) is 0 Å². The molecule has 3 heteroatoms. The molecule has 1 fully saturated rings. The Balaban J connectivity index is 1.94. The number of hydrogen-bond donors (Lipinski definition) is 1. The van der Waals surface area contributed by atoms with Gasteiger partial charge in [0.2, 0.25) is 0 Å². The second kappa shape index (κ2) is 4.11. The van der Waals surface area contributed by atoms with Crippen molar-refractivity contribution in [2.75, 3.05) is 13.2 Å². The van der Waals surface area contributed by atoms with E-state index in [-0.39, 0.29) is 6.10 Å². The molecule has 2 unspecified atom stereocenters. The quantitative estimate of drug-likeness (QED) is 0.701. The van der Waals surface area contributed by atoms with Gasteiger partial charge in [0, 0.05) is 6.61 Å². The van der Waals surface area contributed by atoms with Gasteiger partial charge >= 0.3 is 0 Å². The monoisotopic (exact) mass is 184 g/mol. The first kappa shape index (κ1) is 9.03. The Bertz CT molecular complexity index is 194. The molecule has 0 radical (unpaired) electrons. The average Bonchev–Trinajstić information content (AvgIpc) is 2.71. The third-order valence-electron chi connectivity index (χ3n) is 2.57. The Kier molecular flexibility index (Phi) is 2.86. The van der Waals surface area contributed by atoms with Crippen molar-refractivity contribution in [3.05, 3.63) is 11.8 Å². The maximum Gasteiger partial charge on any atom is 0.137 e. The van der Waals surface area contributed by atoms with Gasteiger partial charge in [-0.25, -0.2) is 0 Å². The Morgan fingerprint density at radius 3 is 2.92 bits per heavy atom. The first-order valence-electron chi connectivity index (χ1n) is 5.00. The fraction of sp³-hybridized carbons (Fsp3) is 0.800. The lowest BCUT2D eigenvalue weighted by molar-refractivity contribution is -0.0161. The summed E-state index contributed by atoms with van der Waals surface area (Å²) < 4.78 is 10.8. The zero-order chi connectivity index (χ0) is 9.10. The lowest BCUT2D eigenvalue weighted by atomic mass is 10.1. The average molecular weight is 184 g/mol. The molecule has 74 valence electrons. The summed E-state index contributed by atoms with van der Waals surface area (Å²) in [7, 11) is 0. The molecule has 2 aliphatic heterocycles. The van der Waals surface area contributed by atoms with Crippen molar-refractivity contribution in [3.63, 3.8) is 0 Å². The highest BCUT2D eigenvalue weighted by molar-refractivity contribution is 5.05. The summed E-state index contributed by atoms with van der Waals surface area (Å²) in [5.74, 6) is 0.721. The molecule has 1 N–H and O–H groups in total. The molecule has 0 aromatic heterocycles. The van der Waals surface area contributed by atoms with Gasteiger partial charge in [-0.3, -0.25) is 0 Å². The van der Waals surface area contributed by atoms with Crippen molar-refractivity contribution < 1.29 is 14.6 Å². The van der Waals surface area contributed by atoms with Crippen LogP contribution in [-0.2, 0) is 9.47 Å². The largest absolute Gasteiger partial charge is 0.495 e. The van der Waals surface area contributed by atoms with E-state index in [9.17, 15) is 5.11 Å². The lowest BCUT2D eigenvalue weighted by Gasteiger charge is -2.23. The van der Waals surface area contributed by atoms with Crippen LogP contribution < -0.4 is 0 Å². The molecular formula is C10H16O3. The van der Waals surface area contributed by atoms with E-state index < -0.39 is 6.10 Å². The minimum Gasteiger partial charge on any atom is -0.495 e. The van der Waals surface area contributed by atoms with Gasteiger partial charge in [-0.1, -0.05) is 0 Å². The van der Waals surface area contributed by atoms with Crippen molar-refractivity contribution in [1.82, 2.24) is 0 Å². The molecule has 0 spiro atoms. The topological polar surface area (TPSA) is 38.7 Å². The predicted molar refractivity (Wildman–Crippen MR) is 48.2 cm³/mol. The Morgan fingerprint density at radius 2 is 2.31 bits per heavy atom. The number of rotatable bonds is 2. The van der Waals surface area contributed by atoms with Gasteiger partial charge in [0.15, 0.2) is 0 Å². The fourth-order valence-corrected chi connectivity index (χ4v) is 1.82. The molecule has 2 aliphatic rings. The van der Waals surface area contributed by atoms with Crippen LogP contribution in [0.15, 0.2) is 11.8 Å². The second-order valence-electron chi connectivity index (χ2n) is 3.59. The van der Waals surface area contributed by atoms with E-state index >= 15 is 0 Å². The first-order valence-corrected chi connectivity index (χ1v) is 5.00. The molecule has 0 aromatic carbocycles. The minimum atomic E-state index is -0.539. The summed E-state index contributed by atoms with van der Waals surface area (Å²) in [6, 6.07) is 0. The molecule has 0 saturated carbocycles. The predicted octanol–water partition coefficient (Wildman–Crippen LogP) is 1.22. The second-order valence-corrected chi connectivity index (χ2v) is 3.59. The Labute approximate surface area is 78.3 Å². The number of aliphatic hydroxyl groups is 1. The number of aliphatic hydroxyl groups excluding tert-OH is 1. The molecule has 1 saturated heterocycles. The van der Waals surface area contributed by atoms with E-state index in [0.29, 0.717) is 0 Å². The molecule has 0 aliphatic carbocycles. The normalized spacial score (nSPS) is 30.8. The van der Waals surface area contributed by atoms with Crippen LogP contribution in [0.3, 0.4) is 0 Å². The number of ether oxygens (including phenoxy) is 2. The smallest absolute Gasteiger partial charge is 0.137 e. The van der Waals surface area contributed by atoms with E-state index in [4.69, 9.17) is 9.47 Å². The van der Waals surface area contributed by atoms with Gasteiger partial charge in [-0.15, -0.1) is 0 Å². The van der Waals surface area contributed by atoms with E-state index in [1.807, 2.05) is 6.08 Å². The third kappa shape index (κ3) is 2.03. The van der Waals surface area contributed by atoms with Crippen LogP contribution >= 0.6 is 0 Å². The zero-order valence-corrected chi connectivity index (χ0v) is 7.74. The highest BCUT2D eigenvalue weighted by Crippen LogP contribution is 2.23. The van der Waals surface area contributed by atoms with Crippen LogP contribution in [0.2, 0.25) is 0 Å². The van der Waals surface area contributed by atoms with Crippen LogP contribution in [0.25, 0.3) is 0 Å². The molecule has 2 rings (SSSR count). The summed E-state index contributed by atoms with van der Waals surface area (Å²) in [6.45, 7) is 1.50. The van der Waals surface area contributed by atoms with Gasteiger partial charge < -0.3 is 14.6 Å². The highest BCUT2D eigenvalue weighted by atomic mass is 16.5. The molecule has 0 aromatic rings. The Morgan fingerprint density at radius 1 is 1.38 bits per heavy atom. The summed E-state index contributed by atoms with van der Waals surface area (Å²) in [5, 5.41) is 9.86. The molecule has 2 atom stereocenters. The maximum absolute atomic E-state index is 9.86. The number of hydrogen-bond acceptors (Lipinski definition) is 3. The Hall–Kier alpha value is -0.540. The summed E-state index contributed by atoms with van der Waals surface area (Å²) in [6.07, 6.45) is 5.47. The molecule has 3 nitrogen and oxygen atoms in total. The first-order chi connectivity index (χ1) is 6.38. The summed E-state index contributed by atoms with van der Waals surface area (Å²) in [5.41, 5.74) is 0. The highest BCUT2D eigenvalue weighted by Gasteiger charge is 2.28. The van der Waals surface area contributed by atoms with E-state index in [2.05, 4.69) is 0 Å². The van der Waals surface area contributed by atoms with Gasteiger partial charge in [-0.2, -0.15) is 0 Å². The zero-order valence-electron chi connectivity index (χ0n) is 7.74. The van der Waals surface area contributed by atoms with Crippen LogP contribution in [0.5, 0.6) is 0 Å². The SMILES string of the molecule is OC(C1=CCCCO1)C1CCCO1. The van der Waals surface area contributed by atoms with E-state index in [0.717, 1.165) is 44.7 Å². The number of allylic oxidation sites excluding steroid dienone is 1. The van der Waals surface area contributed by atoms with Gasteiger partial charge in [0.05, 0.1) is 12.7 Å². The van der Waals surface area contributed by atoms with Crippen molar-refractivity contribution in [2.45, 2.75) is 37.9 Å². The van der Waals surface area contributed by atoms with E-state index in [1.165, 1.54) is 0 Å². The fourth-order valence-electron chi connectivity index (χ4n) is 1.82. The van der Waals surface area contributed by atoms with Crippen molar-refractivity contribution in [2.24, 2.45) is 0 Å². The molecule has 0 bridgehead atoms. The van der Waals surface area contributed by atoms with Gasteiger partial charge in [0.1, 0.15) is 11.9 Å². The van der Waals surface area contributed by atoms with Crippen LogP contribution in [-0.4, -0.2) is 30.5 Å². The summed E-state index contributed by atoms with van der Waals surface area (Å²) in [4.78, 5) is 0. The van der Waals surface area contributed by atoms with Crippen LogP contribution in [0.1, 0.15) is 25.7 Å². The standard InChI is InChI=1S/C10H16O3/c11-10(9-5-3-7-13-9)8-4-1-2-6-12-8/h4,9-11H,1-3,5-7H2. The molecule has 13 heavy (non-hydrogen) atoms. The summed E-state index contributed by atoms with van der Waals surface area (Å²) >= 11 is 0. The maximum atomic E-state index is 9.86. The minimum absolute atomic E-state index is 0.0376. The van der Waals surface area contributed by atoms with Crippen LogP contribution in [0.4, 0.5) is 0 Å². The lowest BCUT2D eigenvalue weighted by Crippen LogP contribution is -2.29. The molecule has 0 amide bonds. The molecule has 2 heterocycles. The van der Waals surface area contributed by atoms with Crippen molar-refractivity contribution >= 4 is 0 Å². The van der Waals surface area contributed by atoms with Crippen LogP contribution in [0, 0.1) is 0 Å².